The van der Waals surface area contributed by atoms with Gasteiger partial charge in [-0.05, 0) is 13.8 Å². The fourth-order valence-corrected chi connectivity index (χ4v) is 2.94. The molecule has 0 unspecified atom stereocenters. The van der Waals surface area contributed by atoms with E-state index in [2.05, 4.69) is 0 Å². The summed E-state index contributed by atoms with van der Waals surface area (Å²) in [4.78, 5) is 0. The van der Waals surface area contributed by atoms with Gasteiger partial charge in [-0.2, -0.15) is 0 Å². The molecule has 26 heavy (non-hydrogen) atoms. The first-order valence-electron chi connectivity index (χ1n) is 8.45. The van der Waals surface area contributed by atoms with Crippen molar-refractivity contribution in [2.45, 2.75) is 81.4 Å². The normalized spacial score (nSPS) is 47.3. The maximum absolute atomic E-state index is 10.3. The van der Waals surface area contributed by atoms with Crippen LogP contribution in [0.4, 0.5) is 0 Å². The monoisotopic (exact) mass is 384 g/mol. The standard InChI is InChI=1S/C15H28O11/c1-5(2)23-14-12(22)10(20)13(7(4-17)25-14)26-15-11(21)9(19)8(18)6(3-16)24-15/h5-22H,3-4H2,1-2H3/t6-,7-,8+,9+,10-,11-,12-,13-,14-,15+/m1/s1. The van der Waals surface area contributed by atoms with Crippen LogP contribution in [-0.4, -0.2) is 116 Å². The Morgan fingerprint density at radius 1 is 0.731 bits per heavy atom. The van der Waals surface area contributed by atoms with Gasteiger partial charge in [0.1, 0.15) is 48.8 Å². The van der Waals surface area contributed by atoms with Crippen molar-refractivity contribution in [2.75, 3.05) is 13.2 Å². The molecule has 0 amide bonds. The first-order valence-corrected chi connectivity index (χ1v) is 8.45. The summed E-state index contributed by atoms with van der Waals surface area (Å²) in [6, 6.07) is 0. The molecular formula is C15H28O11. The lowest BCUT2D eigenvalue weighted by molar-refractivity contribution is -0.361. The molecule has 2 aliphatic rings. The molecule has 0 saturated carbocycles. The van der Waals surface area contributed by atoms with Gasteiger partial charge < -0.3 is 54.7 Å². The van der Waals surface area contributed by atoms with Crippen molar-refractivity contribution in [3.05, 3.63) is 0 Å². The van der Waals surface area contributed by atoms with E-state index in [-0.39, 0.29) is 6.10 Å². The summed E-state index contributed by atoms with van der Waals surface area (Å²) in [5.41, 5.74) is 0. The van der Waals surface area contributed by atoms with Crippen LogP contribution in [0.2, 0.25) is 0 Å². The summed E-state index contributed by atoms with van der Waals surface area (Å²) in [5.74, 6) is 0. The average Bonchev–Trinajstić information content (AvgIpc) is 2.60. The Kier molecular flexibility index (Phi) is 7.71. The molecule has 10 atom stereocenters. The summed E-state index contributed by atoms with van der Waals surface area (Å²) in [6.07, 6.45) is -14.7. The highest BCUT2D eigenvalue weighted by atomic mass is 16.7. The zero-order valence-electron chi connectivity index (χ0n) is 14.5. The molecule has 0 bridgehead atoms. The van der Waals surface area contributed by atoms with E-state index in [0.717, 1.165) is 0 Å². The number of ether oxygens (including phenoxy) is 4. The smallest absolute Gasteiger partial charge is 0.187 e. The third-order valence-electron chi connectivity index (χ3n) is 4.37. The van der Waals surface area contributed by atoms with Crippen LogP contribution in [0.15, 0.2) is 0 Å². The maximum Gasteiger partial charge on any atom is 0.187 e. The van der Waals surface area contributed by atoms with Gasteiger partial charge in [-0.1, -0.05) is 0 Å². The van der Waals surface area contributed by atoms with Crippen LogP contribution in [0.3, 0.4) is 0 Å². The topological polar surface area (TPSA) is 179 Å². The minimum absolute atomic E-state index is 0.316. The van der Waals surface area contributed by atoms with E-state index < -0.39 is 74.6 Å². The second kappa shape index (κ2) is 9.17. The van der Waals surface area contributed by atoms with Crippen molar-refractivity contribution in [3.8, 4) is 0 Å². The van der Waals surface area contributed by atoms with Gasteiger partial charge >= 0.3 is 0 Å². The highest BCUT2D eigenvalue weighted by Crippen LogP contribution is 2.29. The second-order valence-corrected chi connectivity index (χ2v) is 6.69. The van der Waals surface area contributed by atoms with Crippen molar-refractivity contribution in [2.24, 2.45) is 0 Å². The zero-order chi connectivity index (χ0) is 19.6. The molecule has 11 heteroatoms. The summed E-state index contributed by atoms with van der Waals surface area (Å²) < 4.78 is 21.4. The highest BCUT2D eigenvalue weighted by molar-refractivity contribution is 4.94. The summed E-state index contributed by atoms with van der Waals surface area (Å²) >= 11 is 0. The molecule has 154 valence electrons. The lowest BCUT2D eigenvalue weighted by Gasteiger charge is -2.46. The van der Waals surface area contributed by atoms with E-state index in [1.807, 2.05) is 0 Å². The van der Waals surface area contributed by atoms with Crippen molar-refractivity contribution >= 4 is 0 Å². The highest BCUT2D eigenvalue weighted by Gasteiger charge is 2.50. The lowest BCUT2D eigenvalue weighted by atomic mass is 9.97. The fourth-order valence-electron chi connectivity index (χ4n) is 2.94. The molecule has 2 saturated heterocycles. The third kappa shape index (κ3) is 4.51. The molecular weight excluding hydrogens is 356 g/mol. The molecule has 0 aliphatic carbocycles. The Morgan fingerprint density at radius 2 is 1.27 bits per heavy atom. The molecule has 0 aromatic rings. The summed E-state index contributed by atoms with van der Waals surface area (Å²) in [6.45, 7) is 2.16. The molecule has 0 spiro atoms. The minimum Gasteiger partial charge on any atom is -0.394 e. The predicted octanol–water partition coefficient (Wildman–Crippen LogP) is -3.96. The SMILES string of the molecule is CC(C)O[C@@H]1O[C@H](CO)[C@@H](O[C@@H]2O[C@H](CO)[C@H](O)[C@H](O)[C@H]2O)[C@H](O)[C@H]1O. The van der Waals surface area contributed by atoms with Gasteiger partial charge in [0.25, 0.3) is 0 Å². The van der Waals surface area contributed by atoms with E-state index in [0.29, 0.717) is 0 Å². The quantitative estimate of drug-likeness (QED) is 0.237. The predicted molar refractivity (Wildman–Crippen MR) is 82.6 cm³/mol. The van der Waals surface area contributed by atoms with Gasteiger partial charge in [0, 0.05) is 0 Å². The van der Waals surface area contributed by atoms with Crippen molar-refractivity contribution in [1.29, 1.82) is 0 Å². The van der Waals surface area contributed by atoms with Crippen LogP contribution in [0.1, 0.15) is 13.8 Å². The number of aliphatic hydroxyl groups is 7. The van der Waals surface area contributed by atoms with E-state index in [1.165, 1.54) is 0 Å². The van der Waals surface area contributed by atoms with Crippen LogP contribution >= 0.6 is 0 Å². The molecule has 2 fully saturated rings. The summed E-state index contributed by atoms with van der Waals surface area (Å²) in [5, 5.41) is 68.8. The van der Waals surface area contributed by atoms with Crippen molar-refractivity contribution in [3.63, 3.8) is 0 Å². The first-order chi connectivity index (χ1) is 12.2. The molecule has 2 aliphatic heterocycles. The van der Waals surface area contributed by atoms with Crippen LogP contribution < -0.4 is 0 Å². The fraction of sp³-hybridized carbons (Fsp3) is 1.00. The van der Waals surface area contributed by atoms with E-state index in [4.69, 9.17) is 18.9 Å². The Morgan fingerprint density at radius 3 is 1.81 bits per heavy atom. The number of hydrogen-bond donors (Lipinski definition) is 7. The molecule has 7 N–H and O–H groups in total. The van der Waals surface area contributed by atoms with Gasteiger partial charge in [-0.15, -0.1) is 0 Å². The lowest BCUT2D eigenvalue weighted by Crippen LogP contribution is -2.64. The maximum atomic E-state index is 10.3. The first kappa shape index (κ1) is 21.9. The van der Waals surface area contributed by atoms with Crippen LogP contribution in [-0.2, 0) is 18.9 Å². The van der Waals surface area contributed by atoms with E-state index in [9.17, 15) is 35.7 Å². The van der Waals surface area contributed by atoms with Gasteiger partial charge in [0.15, 0.2) is 12.6 Å². The number of hydrogen-bond acceptors (Lipinski definition) is 11. The number of rotatable bonds is 6. The molecule has 0 radical (unpaired) electrons. The van der Waals surface area contributed by atoms with Crippen molar-refractivity contribution in [1.82, 2.24) is 0 Å². The molecule has 0 aromatic heterocycles. The Hall–Kier alpha value is -0.440. The van der Waals surface area contributed by atoms with Gasteiger partial charge in [0.2, 0.25) is 0 Å². The number of aliphatic hydroxyl groups excluding tert-OH is 7. The molecule has 2 rings (SSSR count). The molecule has 11 nitrogen and oxygen atoms in total. The Bertz CT molecular complexity index is 432. The summed E-state index contributed by atoms with van der Waals surface area (Å²) in [7, 11) is 0. The van der Waals surface area contributed by atoms with Gasteiger partial charge in [-0.3, -0.25) is 0 Å². The van der Waals surface area contributed by atoms with Crippen LogP contribution in [0, 0.1) is 0 Å². The van der Waals surface area contributed by atoms with Gasteiger partial charge in [-0.25, -0.2) is 0 Å². The zero-order valence-corrected chi connectivity index (χ0v) is 14.5. The molecule has 2 heterocycles. The minimum atomic E-state index is -1.69. The average molecular weight is 384 g/mol. The van der Waals surface area contributed by atoms with E-state index in [1.54, 1.807) is 13.8 Å². The van der Waals surface area contributed by atoms with Gasteiger partial charge in [0.05, 0.1) is 19.3 Å². The third-order valence-corrected chi connectivity index (χ3v) is 4.37. The second-order valence-electron chi connectivity index (χ2n) is 6.69. The van der Waals surface area contributed by atoms with Crippen LogP contribution in [0.5, 0.6) is 0 Å². The largest absolute Gasteiger partial charge is 0.394 e. The Balaban J connectivity index is 2.11. The van der Waals surface area contributed by atoms with Crippen molar-refractivity contribution < 1.29 is 54.7 Å². The van der Waals surface area contributed by atoms with E-state index >= 15 is 0 Å². The molecule has 0 aromatic carbocycles. The Labute approximate surface area is 150 Å². The van der Waals surface area contributed by atoms with Crippen LogP contribution in [0.25, 0.3) is 0 Å².